The fraction of sp³-hybridized carbons (Fsp3) is 0.0385. The summed E-state index contributed by atoms with van der Waals surface area (Å²) in [6.07, 6.45) is 9.11. The minimum absolute atomic E-state index is 0.749. The SMILES string of the molecule is C/C=C\C=C/Cc1cc(-c2ccc3c(c2)c2cc(-c4cc(-c5ccccc5)nc(-c5ccccc5)c4)ccc2n3-c2ccccc2)cc(-c2ccccc2)n1. The van der Waals surface area contributed by atoms with Gasteiger partial charge in [0.15, 0.2) is 0 Å². The lowest BCUT2D eigenvalue weighted by Gasteiger charge is -2.11. The number of hydrogen-bond donors (Lipinski definition) is 0. The highest BCUT2D eigenvalue weighted by Crippen LogP contribution is 2.39. The first-order chi connectivity index (χ1) is 27.2. The van der Waals surface area contributed by atoms with Gasteiger partial charge in [-0.2, -0.15) is 0 Å². The number of rotatable bonds is 9. The van der Waals surface area contributed by atoms with E-state index < -0.39 is 0 Å². The molecular formula is C52H39N3. The van der Waals surface area contributed by atoms with Crippen LogP contribution in [0.2, 0.25) is 0 Å². The smallest absolute Gasteiger partial charge is 0.0715 e. The first-order valence-electron chi connectivity index (χ1n) is 18.8. The highest BCUT2D eigenvalue weighted by atomic mass is 15.0. The van der Waals surface area contributed by atoms with Crippen LogP contribution in [0.5, 0.6) is 0 Å². The van der Waals surface area contributed by atoms with Crippen molar-refractivity contribution in [2.75, 3.05) is 0 Å². The molecule has 0 spiro atoms. The van der Waals surface area contributed by atoms with Gasteiger partial charge in [0.1, 0.15) is 0 Å². The van der Waals surface area contributed by atoms with Gasteiger partial charge in [0, 0.05) is 45.3 Å². The lowest BCUT2D eigenvalue weighted by Crippen LogP contribution is -1.94. The van der Waals surface area contributed by atoms with Gasteiger partial charge in [0.2, 0.25) is 0 Å². The first-order valence-corrected chi connectivity index (χ1v) is 18.8. The van der Waals surface area contributed by atoms with Crippen molar-refractivity contribution >= 4 is 21.8 Å². The molecule has 3 heteroatoms. The first kappa shape index (κ1) is 33.7. The molecular weight excluding hydrogens is 667 g/mol. The van der Waals surface area contributed by atoms with E-state index in [1.165, 1.54) is 16.3 Å². The second kappa shape index (κ2) is 15.1. The molecule has 0 unspecified atom stereocenters. The van der Waals surface area contributed by atoms with Crippen molar-refractivity contribution in [3.63, 3.8) is 0 Å². The van der Waals surface area contributed by atoms with Gasteiger partial charge in [-0.05, 0) is 89.8 Å². The molecule has 0 radical (unpaired) electrons. The molecule has 0 aliphatic carbocycles. The second-order valence-electron chi connectivity index (χ2n) is 13.7. The highest BCUT2D eigenvalue weighted by Gasteiger charge is 2.17. The Morgan fingerprint density at radius 2 is 0.873 bits per heavy atom. The minimum Gasteiger partial charge on any atom is -0.309 e. The number of nitrogens with zero attached hydrogens (tertiary/aromatic N) is 3. The second-order valence-corrected chi connectivity index (χ2v) is 13.7. The summed E-state index contributed by atoms with van der Waals surface area (Å²) in [7, 11) is 0. The molecule has 6 aromatic carbocycles. The third-order valence-corrected chi connectivity index (χ3v) is 10.1. The Morgan fingerprint density at radius 3 is 1.36 bits per heavy atom. The number of para-hydroxylation sites is 1. The predicted octanol–water partition coefficient (Wildman–Crippen LogP) is 13.6. The summed E-state index contributed by atoms with van der Waals surface area (Å²) in [4.78, 5) is 10.2. The molecule has 0 atom stereocenters. The van der Waals surface area contributed by atoms with Gasteiger partial charge in [-0.1, -0.05) is 146 Å². The Balaban J connectivity index is 1.24. The van der Waals surface area contributed by atoms with Crippen LogP contribution in [0, 0.1) is 0 Å². The Hall–Kier alpha value is -7.10. The van der Waals surface area contributed by atoms with Crippen molar-refractivity contribution in [2.24, 2.45) is 0 Å². The normalized spacial score (nSPS) is 11.7. The lowest BCUT2D eigenvalue weighted by molar-refractivity contribution is 1.12. The van der Waals surface area contributed by atoms with Crippen LogP contribution in [0.1, 0.15) is 12.6 Å². The Kier molecular flexibility index (Phi) is 9.26. The van der Waals surface area contributed by atoms with Crippen LogP contribution in [0.15, 0.2) is 206 Å². The van der Waals surface area contributed by atoms with E-state index in [-0.39, 0.29) is 0 Å². The zero-order valence-electron chi connectivity index (χ0n) is 30.7. The molecule has 0 saturated carbocycles. The van der Waals surface area contributed by atoms with Gasteiger partial charge in [-0.3, -0.25) is 4.98 Å². The van der Waals surface area contributed by atoms with Crippen molar-refractivity contribution in [3.8, 4) is 61.7 Å². The van der Waals surface area contributed by atoms with Gasteiger partial charge < -0.3 is 4.57 Å². The van der Waals surface area contributed by atoms with Gasteiger partial charge in [-0.25, -0.2) is 4.98 Å². The molecule has 0 saturated heterocycles. The summed E-state index contributed by atoms with van der Waals surface area (Å²) in [5.41, 5.74) is 15.3. The van der Waals surface area contributed by atoms with E-state index in [0.717, 1.165) is 79.3 Å². The van der Waals surface area contributed by atoms with E-state index >= 15 is 0 Å². The van der Waals surface area contributed by atoms with E-state index in [9.17, 15) is 0 Å². The molecule has 55 heavy (non-hydrogen) atoms. The monoisotopic (exact) mass is 705 g/mol. The Bertz CT molecular complexity index is 2760. The van der Waals surface area contributed by atoms with E-state index in [2.05, 4.69) is 193 Å². The van der Waals surface area contributed by atoms with Crippen LogP contribution in [0.3, 0.4) is 0 Å². The van der Waals surface area contributed by atoms with Crippen LogP contribution in [-0.2, 0) is 6.42 Å². The fourth-order valence-electron chi connectivity index (χ4n) is 7.44. The average Bonchev–Trinajstić information content (AvgIpc) is 3.59. The largest absolute Gasteiger partial charge is 0.309 e. The topological polar surface area (TPSA) is 30.7 Å². The van der Waals surface area contributed by atoms with Gasteiger partial charge >= 0.3 is 0 Å². The van der Waals surface area contributed by atoms with Crippen LogP contribution in [-0.4, -0.2) is 14.5 Å². The molecule has 3 nitrogen and oxygen atoms in total. The van der Waals surface area contributed by atoms with Crippen LogP contribution < -0.4 is 0 Å². The Morgan fingerprint density at radius 1 is 0.418 bits per heavy atom. The Labute approximate surface area is 322 Å². The summed E-state index contributed by atoms with van der Waals surface area (Å²) in [5.74, 6) is 0. The van der Waals surface area contributed by atoms with Crippen molar-refractivity contribution in [2.45, 2.75) is 13.3 Å². The van der Waals surface area contributed by atoms with Crippen molar-refractivity contribution in [1.29, 1.82) is 0 Å². The maximum absolute atomic E-state index is 5.15. The number of allylic oxidation sites excluding steroid dienone is 4. The molecule has 0 N–H and O–H groups in total. The highest BCUT2D eigenvalue weighted by molar-refractivity contribution is 6.11. The molecule has 262 valence electrons. The molecule has 0 amide bonds. The number of hydrogen-bond acceptors (Lipinski definition) is 2. The summed E-state index contributed by atoms with van der Waals surface area (Å²) in [6.45, 7) is 2.03. The van der Waals surface area contributed by atoms with Gasteiger partial charge in [0.05, 0.1) is 28.1 Å². The zero-order valence-corrected chi connectivity index (χ0v) is 30.7. The third-order valence-electron chi connectivity index (χ3n) is 10.1. The van der Waals surface area contributed by atoms with Gasteiger partial charge in [0.25, 0.3) is 0 Å². The molecule has 0 aliphatic heterocycles. The standard InChI is InChI=1S/C52H39N3/c1-2-3-4-15-24-44-31-42(34-48(53-44)37-18-9-5-10-19-37)40-27-29-51-46(32-40)47-33-41(28-30-52(47)55(51)45-25-16-8-17-26-45)43-35-49(38-20-11-6-12-21-38)54-50(36-43)39-22-13-7-14-23-39/h2-23,25-36H,24H2,1H3/b3-2-,15-4-. The lowest BCUT2D eigenvalue weighted by atomic mass is 9.97. The molecule has 0 bridgehead atoms. The minimum atomic E-state index is 0.749. The average molecular weight is 706 g/mol. The van der Waals surface area contributed by atoms with E-state index in [1.54, 1.807) is 0 Å². The molecule has 3 heterocycles. The van der Waals surface area contributed by atoms with Crippen molar-refractivity contribution in [1.82, 2.24) is 14.5 Å². The molecule has 0 aliphatic rings. The quantitative estimate of drug-likeness (QED) is 0.140. The van der Waals surface area contributed by atoms with Gasteiger partial charge in [-0.15, -0.1) is 0 Å². The van der Waals surface area contributed by atoms with Crippen LogP contribution in [0.4, 0.5) is 0 Å². The summed E-state index contributed by atoms with van der Waals surface area (Å²) in [6, 6.07) is 64.7. The van der Waals surface area contributed by atoms with E-state index in [0.29, 0.717) is 0 Å². The molecule has 9 aromatic rings. The van der Waals surface area contributed by atoms with Crippen LogP contribution >= 0.6 is 0 Å². The summed E-state index contributed by atoms with van der Waals surface area (Å²) in [5, 5.41) is 2.40. The fourth-order valence-corrected chi connectivity index (χ4v) is 7.44. The summed E-state index contributed by atoms with van der Waals surface area (Å²) >= 11 is 0. The molecule has 3 aromatic heterocycles. The number of pyridine rings is 2. The molecule has 9 rings (SSSR count). The number of aromatic nitrogens is 3. The summed E-state index contributed by atoms with van der Waals surface area (Å²) < 4.78 is 2.38. The number of benzene rings is 6. The molecule has 0 fully saturated rings. The maximum atomic E-state index is 5.15. The third kappa shape index (κ3) is 6.92. The van der Waals surface area contributed by atoms with Crippen molar-refractivity contribution < 1.29 is 0 Å². The van der Waals surface area contributed by atoms with E-state index in [1.807, 2.05) is 25.1 Å². The maximum Gasteiger partial charge on any atom is 0.0715 e. The van der Waals surface area contributed by atoms with E-state index in [4.69, 9.17) is 9.97 Å². The number of fused-ring (bicyclic) bond motifs is 3. The zero-order chi connectivity index (χ0) is 37.0. The predicted molar refractivity (Wildman–Crippen MR) is 231 cm³/mol. The van der Waals surface area contributed by atoms with Crippen LogP contribution in [0.25, 0.3) is 83.5 Å². The van der Waals surface area contributed by atoms with Crippen molar-refractivity contribution in [3.05, 3.63) is 212 Å².